The maximum atomic E-state index is 13.0. The van der Waals surface area contributed by atoms with Crippen molar-refractivity contribution in [2.75, 3.05) is 0 Å². The number of aromatic nitrogens is 5. The Morgan fingerprint density at radius 2 is 2.16 bits per heavy atom. The molecule has 0 spiro atoms. The topological polar surface area (TPSA) is 113 Å². The van der Waals surface area contributed by atoms with E-state index in [0.29, 0.717) is 21.6 Å². The van der Waals surface area contributed by atoms with Crippen LogP contribution in [0.1, 0.15) is 5.89 Å². The van der Waals surface area contributed by atoms with Gasteiger partial charge in [-0.3, -0.25) is 19.1 Å². The standard InChI is InChI=1S/C20H13N5O4S2/c26-16(28-9-15-23-18(24-29-15)12-3-1-5-21-7-12)8-25-11-22-19-17(20(25)27)13(10-31-19)14-4-2-6-30-14/h1-7,10-11H,8-9H2. The highest BCUT2D eigenvalue weighted by atomic mass is 32.1. The molecule has 0 amide bonds. The molecule has 0 aliphatic heterocycles. The van der Waals surface area contributed by atoms with Gasteiger partial charge in [0.25, 0.3) is 11.4 Å². The Hall–Kier alpha value is -3.70. The highest BCUT2D eigenvalue weighted by Crippen LogP contribution is 2.33. The van der Waals surface area contributed by atoms with Crippen LogP contribution in [0.4, 0.5) is 0 Å². The quantitative estimate of drug-likeness (QED) is 0.361. The van der Waals surface area contributed by atoms with Gasteiger partial charge in [-0.2, -0.15) is 4.98 Å². The molecular formula is C20H13N5O4S2. The van der Waals surface area contributed by atoms with E-state index in [1.54, 1.807) is 35.9 Å². The van der Waals surface area contributed by atoms with Crippen LogP contribution < -0.4 is 5.56 Å². The average molecular weight is 451 g/mol. The van der Waals surface area contributed by atoms with E-state index in [9.17, 15) is 9.59 Å². The van der Waals surface area contributed by atoms with Gasteiger partial charge in [-0.1, -0.05) is 11.2 Å². The van der Waals surface area contributed by atoms with Crippen LogP contribution in [-0.2, 0) is 22.7 Å². The fourth-order valence-electron chi connectivity index (χ4n) is 2.95. The van der Waals surface area contributed by atoms with Crippen LogP contribution in [0.5, 0.6) is 0 Å². The second-order valence-electron chi connectivity index (χ2n) is 6.40. The van der Waals surface area contributed by atoms with Crippen molar-refractivity contribution in [1.29, 1.82) is 0 Å². The summed E-state index contributed by atoms with van der Waals surface area (Å²) in [6.07, 6.45) is 4.60. The van der Waals surface area contributed by atoms with E-state index >= 15 is 0 Å². The Morgan fingerprint density at radius 3 is 2.97 bits per heavy atom. The Bertz CT molecular complexity index is 1410. The van der Waals surface area contributed by atoms with Gasteiger partial charge in [0.2, 0.25) is 5.82 Å². The molecule has 31 heavy (non-hydrogen) atoms. The predicted molar refractivity (Wildman–Crippen MR) is 115 cm³/mol. The molecular weight excluding hydrogens is 438 g/mol. The largest absolute Gasteiger partial charge is 0.454 e. The number of esters is 1. The van der Waals surface area contributed by atoms with Crippen molar-refractivity contribution >= 4 is 38.9 Å². The maximum Gasteiger partial charge on any atom is 0.326 e. The van der Waals surface area contributed by atoms with E-state index in [2.05, 4.69) is 20.1 Å². The highest BCUT2D eigenvalue weighted by Gasteiger charge is 2.16. The molecule has 5 aromatic rings. The first-order valence-electron chi connectivity index (χ1n) is 9.08. The summed E-state index contributed by atoms with van der Waals surface area (Å²) in [4.78, 5) is 39.3. The molecule has 0 saturated carbocycles. The van der Waals surface area contributed by atoms with Crippen molar-refractivity contribution < 1.29 is 14.1 Å². The van der Waals surface area contributed by atoms with Crippen molar-refractivity contribution in [3.05, 3.63) is 70.0 Å². The first-order valence-corrected chi connectivity index (χ1v) is 10.8. The van der Waals surface area contributed by atoms with Gasteiger partial charge in [0.15, 0.2) is 6.61 Å². The van der Waals surface area contributed by atoms with Gasteiger partial charge in [-0.15, -0.1) is 22.7 Å². The van der Waals surface area contributed by atoms with Crippen molar-refractivity contribution in [3.63, 3.8) is 0 Å². The molecule has 5 heterocycles. The summed E-state index contributed by atoms with van der Waals surface area (Å²) >= 11 is 2.94. The smallest absolute Gasteiger partial charge is 0.326 e. The van der Waals surface area contributed by atoms with Crippen LogP contribution in [0.2, 0.25) is 0 Å². The molecule has 0 unspecified atom stereocenters. The number of carbonyl (C=O) groups excluding carboxylic acids is 1. The van der Waals surface area contributed by atoms with E-state index in [-0.39, 0.29) is 24.6 Å². The molecule has 0 aliphatic rings. The first-order chi connectivity index (χ1) is 15.2. The molecule has 0 bridgehead atoms. The van der Waals surface area contributed by atoms with Gasteiger partial charge in [0, 0.05) is 33.8 Å². The monoisotopic (exact) mass is 451 g/mol. The third-order valence-electron chi connectivity index (χ3n) is 4.39. The molecule has 0 aromatic carbocycles. The van der Waals surface area contributed by atoms with Crippen LogP contribution in [-0.4, -0.2) is 30.6 Å². The number of rotatable bonds is 6. The second-order valence-corrected chi connectivity index (χ2v) is 8.20. The summed E-state index contributed by atoms with van der Waals surface area (Å²) in [5, 5.41) is 8.20. The summed E-state index contributed by atoms with van der Waals surface area (Å²) < 4.78 is 11.5. The van der Waals surface area contributed by atoms with Crippen LogP contribution in [0.15, 0.2) is 63.1 Å². The molecule has 5 aromatic heterocycles. The van der Waals surface area contributed by atoms with Crippen molar-refractivity contribution in [2.45, 2.75) is 13.2 Å². The van der Waals surface area contributed by atoms with Gasteiger partial charge >= 0.3 is 5.97 Å². The van der Waals surface area contributed by atoms with Crippen molar-refractivity contribution in [3.8, 4) is 21.8 Å². The SMILES string of the molecule is O=C(Cn1cnc2scc(-c3cccs3)c2c1=O)OCc1nc(-c2cccnc2)no1. The Labute approximate surface area is 182 Å². The maximum absolute atomic E-state index is 13.0. The predicted octanol–water partition coefficient (Wildman–Crippen LogP) is 3.37. The van der Waals surface area contributed by atoms with E-state index in [1.165, 1.54) is 22.2 Å². The zero-order valence-corrected chi connectivity index (χ0v) is 17.4. The average Bonchev–Trinajstić information content (AvgIpc) is 3.55. The fourth-order valence-corrected chi connectivity index (χ4v) is 4.67. The number of hydrogen-bond acceptors (Lipinski definition) is 10. The molecule has 154 valence electrons. The second kappa shape index (κ2) is 8.20. The third kappa shape index (κ3) is 3.88. The molecule has 0 aliphatic carbocycles. The molecule has 11 heteroatoms. The molecule has 0 N–H and O–H groups in total. The molecule has 0 radical (unpaired) electrons. The minimum absolute atomic E-state index is 0.144. The summed E-state index contributed by atoms with van der Waals surface area (Å²) in [7, 11) is 0. The third-order valence-corrected chi connectivity index (χ3v) is 6.18. The van der Waals surface area contributed by atoms with E-state index < -0.39 is 5.97 Å². The number of carbonyl (C=O) groups is 1. The summed E-state index contributed by atoms with van der Waals surface area (Å²) in [6.45, 7) is -0.472. The van der Waals surface area contributed by atoms with Gasteiger partial charge in [0.05, 0.1) is 11.7 Å². The molecule has 5 rings (SSSR count). The summed E-state index contributed by atoms with van der Waals surface area (Å²) in [5.41, 5.74) is 1.22. The van der Waals surface area contributed by atoms with Gasteiger partial charge < -0.3 is 9.26 Å². The molecule has 0 saturated heterocycles. The molecule has 9 nitrogen and oxygen atoms in total. The number of nitrogens with zero attached hydrogens (tertiary/aromatic N) is 5. The molecule has 0 fully saturated rings. The normalized spacial score (nSPS) is 11.1. The number of fused-ring (bicyclic) bond motifs is 1. The van der Waals surface area contributed by atoms with E-state index in [0.717, 1.165) is 10.4 Å². The van der Waals surface area contributed by atoms with Crippen LogP contribution in [0.25, 0.3) is 32.0 Å². The van der Waals surface area contributed by atoms with Crippen molar-refractivity contribution in [2.24, 2.45) is 0 Å². The lowest BCUT2D eigenvalue weighted by atomic mass is 10.2. The van der Waals surface area contributed by atoms with Gasteiger partial charge in [0.1, 0.15) is 11.4 Å². The van der Waals surface area contributed by atoms with E-state index in [4.69, 9.17) is 9.26 Å². The minimum atomic E-state index is -0.614. The van der Waals surface area contributed by atoms with Gasteiger partial charge in [-0.25, -0.2) is 4.98 Å². The van der Waals surface area contributed by atoms with Crippen molar-refractivity contribution in [1.82, 2.24) is 24.7 Å². The van der Waals surface area contributed by atoms with Crippen LogP contribution >= 0.6 is 22.7 Å². The number of pyridine rings is 1. The zero-order valence-electron chi connectivity index (χ0n) is 15.8. The van der Waals surface area contributed by atoms with Crippen LogP contribution in [0, 0.1) is 0 Å². The minimum Gasteiger partial charge on any atom is -0.454 e. The Morgan fingerprint density at radius 1 is 1.23 bits per heavy atom. The lowest BCUT2D eigenvalue weighted by molar-refractivity contribution is -0.146. The Balaban J connectivity index is 1.30. The Kier molecular flexibility index (Phi) is 5.10. The number of hydrogen-bond donors (Lipinski definition) is 0. The number of thiophene rings is 2. The fraction of sp³-hybridized carbons (Fsp3) is 0.100. The van der Waals surface area contributed by atoms with Gasteiger partial charge in [-0.05, 0) is 23.6 Å². The number of ether oxygens (including phenoxy) is 1. The van der Waals surface area contributed by atoms with E-state index in [1.807, 2.05) is 22.9 Å². The lowest BCUT2D eigenvalue weighted by Gasteiger charge is -2.05. The van der Waals surface area contributed by atoms with Crippen LogP contribution in [0.3, 0.4) is 0 Å². The zero-order chi connectivity index (χ0) is 21.2. The molecule has 0 atom stereocenters. The first kappa shape index (κ1) is 19.3. The summed E-state index contributed by atoms with van der Waals surface area (Å²) in [5.74, 6) is -0.119. The lowest BCUT2D eigenvalue weighted by Crippen LogP contribution is -2.25. The summed E-state index contributed by atoms with van der Waals surface area (Å²) in [6, 6.07) is 7.41. The highest BCUT2D eigenvalue weighted by molar-refractivity contribution is 7.18.